The number of likely N-dealkylation sites (tertiary alicyclic amines) is 1. The van der Waals surface area contributed by atoms with E-state index >= 15 is 0 Å². The highest BCUT2D eigenvalue weighted by atomic mass is 16.2. The molecule has 5 nitrogen and oxygen atoms in total. The number of likely N-dealkylation sites (N-methyl/N-ethyl adjacent to an activating group) is 1. The van der Waals surface area contributed by atoms with Gasteiger partial charge in [0.15, 0.2) is 0 Å². The summed E-state index contributed by atoms with van der Waals surface area (Å²) in [5, 5.41) is 5.96. The van der Waals surface area contributed by atoms with Gasteiger partial charge in [-0.3, -0.25) is 9.59 Å². The van der Waals surface area contributed by atoms with Crippen molar-refractivity contribution < 1.29 is 9.59 Å². The second kappa shape index (κ2) is 5.04. The van der Waals surface area contributed by atoms with Crippen LogP contribution in [0.5, 0.6) is 0 Å². The first-order valence-corrected chi connectivity index (χ1v) is 6.41. The number of piperidine rings is 1. The molecule has 0 aromatic heterocycles. The van der Waals surface area contributed by atoms with Crippen LogP contribution >= 0.6 is 0 Å². The number of amides is 2. The lowest BCUT2D eigenvalue weighted by Crippen LogP contribution is -2.57. The summed E-state index contributed by atoms with van der Waals surface area (Å²) in [5.41, 5.74) is 0. The van der Waals surface area contributed by atoms with E-state index in [1.807, 2.05) is 0 Å². The zero-order valence-electron chi connectivity index (χ0n) is 10.5. The topological polar surface area (TPSA) is 61.4 Å². The quantitative estimate of drug-likeness (QED) is 0.718. The van der Waals surface area contributed by atoms with Crippen molar-refractivity contribution in [2.45, 2.75) is 50.7 Å². The van der Waals surface area contributed by atoms with Gasteiger partial charge in [0.05, 0.1) is 6.04 Å². The molecule has 2 atom stereocenters. The number of nitrogens with one attached hydrogen (secondary N) is 2. The molecule has 2 rings (SSSR count). The van der Waals surface area contributed by atoms with E-state index in [0.717, 1.165) is 12.8 Å². The normalized spacial score (nSPS) is 26.8. The van der Waals surface area contributed by atoms with Gasteiger partial charge in [-0.25, -0.2) is 0 Å². The Hall–Kier alpha value is -1.10. The van der Waals surface area contributed by atoms with Crippen molar-refractivity contribution in [2.24, 2.45) is 0 Å². The van der Waals surface area contributed by atoms with Crippen LogP contribution in [-0.2, 0) is 9.59 Å². The third-order valence-corrected chi connectivity index (χ3v) is 3.58. The van der Waals surface area contributed by atoms with E-state index in [1.165, 1.54) is 12.8 Å². The van der Waals surface area contributed by atoms with Crippen LogP contribution in [0.25, 0.3) is 0 Å². The van der Waals surface area contributed by atoms with Crippen molar-refractivity contribution in [1.82, 2.24) is 15.5 Å². The first-order valence-electron chi connectivity index (χ1n) is 6.41. The third kappa shape index (κ3) is 2.77. The van der Waals surface area contributed by atoms with Gasteiger partial charge in [-0.1, -0.05) is 0 Å². The molecule has 96 valence electrons. The molecule has 0 spiro atoms. The monoisotopic (exact) mass is 239 g/mol. The first-order chi connectivity index (χ1) is 8.13. The van der Waals surface area contributed by atoms with Gasteiger partial charge >= 0.3 is 0 Å². The van der Waals surface area contributed by atoms with E-state index in [4.69, 9.17) is 0 Å². The van der Waals surface area contributed by atoms with Crippen LogP contribution in [0.4, 0.5) is 0 Å². The fourth-order valence-corrected chi connectivity index (χ4v) is 2.32. The predicted octanol–water partition coefficient (Wildman–Crippen LogP) is -0.136. The van der Waals surface area contributed by atoms with E-state index in [-0.39, 0.29) is 23.9 Å². The van der Waals surface area contributed by atoms with Gasteiger partial charge < -0.3 is 15.5 Å². The number of hydrogen-bond acceptors (Lipinski definition) is 3. The van der Waals surface area contributed by atoms with E-state index in [2.05, 4.69) is 10.6 Å². The Bertz CT molecular complexity index is 315. The van der Waals surface area contributed by atoms with Crippen LogP contribution in [0.15, 0.2) is 0 Å². The zero-order chi connectivity index (χ0) is 12.4. The highest BCUT2D eigenvalue weighted by Crippen LogP contribution is 2.23. The van der Waals surface area contributed by atoms with Crippen LogP contribution in [0.3, 0.4) is 0 Å². The summed E-state index contributed by atoms with van der Waals surface area (Å²) in [6.45, 7) is 2.48. The lowest BCUT2D eigenvalue weighted by Gasteiger charge is -2.36. The Balaban J connectivity index is 1.96. The van der Waals surface area contributed by atoms with Gasteiger partial charge in [-0.2, -0.15) is 0 Å². The lowest BCUT2D eigenvalue weighted by molar-refractivity contribution is -0.143. The molecule has 2 amide bonds. The Kier molecular flexibility index (Phi) is 3.66. The van der Waals surface area contributed by atoms with Crippen molar-refractivity contribution in [3.05, 3.63) is 0 Å². The number of carbonyl (C=O) groups is 2. The largest absolute Gasteiger partial charge is 0.357 e. The summed E-state index contributed by atoms with van der Waals surface area (Å²) in [6, 6.07) is 0.0823. The summed E-state index contributed by atoms with van der Waals surface area (Å²) >= 11 is 0. The molecule has 2 aliphatic rings. The van der Waals surface area contributed by atoms with Crippen LogP contribution in [-0.4, -0.2) is 48.4 Å². The second-order valence-electron chi connectivity index (χ2n) is 4.96. The standard InChI is InChI=1S/C12H21N3O2/c1-8(11(16)13-2)15-7-3-4-10(12(15)17)14-9-5-6-9/h8-10,14H,3-7H2,1-2H3,(H,13,16). The Morgan fingerprint density at radius 1 is 1.41 bits per heavy atom. The molecule has 1 aliphatic carbocycles. The van der Waals surface area contributed by atoms with Crippen molar-refractivity contribution in [3.8, 4) is 0 Å². The summed E-state index contributed by atoms with van der Waals surface area (Å²) in [6.07, 6.45) is 4.22. The molecule has 1 aliphatic heterocycles. The van der Waals surface area contributed by atoms with Crippen LogP contribution in [0, 0.1) is 0 Å². The third-order valence-electron chi connectivity index (χ3n) is 3.58. The lowest BCUT2D eigenvalue weighted by atomic mass is 10.0. The molecule has 1 saturated heterocycles. The molecule has 0 aromatic carbocycles. The predicted molar refractivity (Wildman–Crippen MR) is 64.4 cm³/mol. The SMILES string of the molecule is CNC(=O)C(C)N1CCCC(NC2CC2)C1=O. The van der Waals surface area contributed by atoms with Crippen molar-refractivity contribution in [2.75, 3.05) is 13.6 Å². The number of nitrogens with zero attached hydrogens (tertiary/aromatic N) is 1. The molecule has 0 bridgehead atoms. The van der Waals surface area contributed by atoms with E-state index < -0.39 is 0 Å². The molecule has 2 unspecified atom stereocenters. The van der Waals surface area contributed by atoms with E-state index in [1.54, 1.807) is 18.9 Å². The average molecular weight is 239 g/mol. The summed E-state index contributed by atoms with van der Waals surface area (Å²) < 4.78 is 0. The van der Waals surface area contributed by atoms with Crippen molar-refractivity contribution in [1.29, 1.82) is 0 Å². The highest BCUT2D eigenvalue weighted by molar-refractivity contribution is 5.89. The van der Waals surface area contributed by atoms with Gasteiger partial charge in [0.2, 0.25) is 11.8 Å². The van der Waals surface area contributed by atoms with Crippen molar-refractivity contribution in [3.63, 3.8) is 0 Å². The molecule has 5 heteroatoms. The van der Waals surface area contributed by atoms with E-state index in [0.29, 0.717) is 12.6 Å². The minimum Gasteiger partial charge on any atom is -0.357 e. The number of rotatable bonds is 4. The summed E-state index contributed by atoms with van der Waals surface area (Å²) in [5.74, 6) is -0.00956. The number of hydrogen-bond donors (Lipinski definition) is 2. The summed E-state index contributed by atoms with van der Waals surface area (Å²) in [4.78, 5) is 25.5. The van der Waals surface area contributed by atoms with Crippen LogP contribution in [0.1, 0.15) is 32.6 Å². The molecule has 17 heavy (non-hydrogen) atoms. The molecule has 2 N–H and O–H groups in total. The maximum Gasteiger partial charge on any atom is 0.242 e. The molecular formula is C12H21N3O2. The zero-order valence-corrected chi connectivity index (χ0v) is 10.5. The van der Waals surface area contributed by atoms with Crippen molar-refractivity contribution >= 4 is 11.8 Å². The molecule has 1 saturated carbocycles. The summed E-state index contributed by atoms with van der Waals surface area (Å²) in [7, 11) is 1.60. The second-order valence-corrected chi connectivity index (χ2v) is 4.96. The molecular weight excluding hydrogens is 218 g/mol. The van der Waals surface area contributed by atoms with Gasteiger partial charge in [0.25, 0.3) is 0 Å². The van der Waals surface area contributed by atoms with Crippen LogP contribution in [0.2, 0.25) is 0 Å². The first kappa shape index (κ1) is 12.4. The molecule has 1 heterocycles. The molecule has 0 radical (unpaired) electrons. The minimum absolute atomic E-state index is 0.0802. The Morgan fingerprint density at radius 3 is 2.71 bits per heavy atom. The highest BCUT2D eigenvalue weighted by Gasteiger charge is 2.36. The average Bonchev–Trinajstić information content (AvgIpc) is 3.14. The fraction of sp³-hybridized carbons (Fsp3) is 0.833. The number of carbonyl (C=O) groups excluding carboxylic acids is 2. The maximum absolute atomic E-state index is 12.2. The van der Waals surface area contributed by atoms with Gasteiger partial charge in [-0.05, 0) is 32.6 Å². The maximum atomic E-state index is 12.2. The van der Waals surface area contributed by atoms with Gasteiger partial charge in [-0.15, -0.1) is 0 Å². The molecule has 2 fully saturated rings. The van der Waals surface area contributed by atoms with Gasteiger partial charge in [0.1, 0.15) is 6.04 Å². The minimum atomic E-state index is -0.365. The van der Waals surface area contributed by atoms with E-state index in [9.17, 15) is 9.59 Å². The van der Waals surface area contributed by atoms with Gasteiger partial charge in [0, 0.05) is 19.6 Å². The fourth-order valence-electron chi connectivity index (χ4n) is 2.32. The molecule has 0 aromatic rings. The smallest absolute Gasteiger partial charge is 0.242 e. The Labute approximate surface area is 102 Å². The van der Waals surface area contributed by atoms with Crippen LogP contribution < -0.4 is 10.6 Å². The Morgan fingerprint density at radius 2 is 2.12 bits per heavy atom.